The van der Waals surface area contributed by atoms with Crippen molar-refractivity contribution >= 4 is 5.91 Å². The van der Waals surface area contributed by atoms with Gasteiger partial charge in [0.25, 0.3) is 0 Å². The fourth-order valence-electron chi connectivity index (χ4n) is 2.62. The first-order chi connectivity index (χ1) is 7.16. The summed E-state index contributed by atoms with van der Waals surface area (Å²) in [7, 11) is 0. The van der Waals surface area contributed by atoms with Gasteiger partial charge in [0.2, 0.25) is 5.91 Å². The Bertz CT molecular complexity index is 238. The Morgan fingerprint density at radius 2 is 2.13 bits per heavy atom. The van der Waals surface area contributed by atoms with Crippen molar-refractivity contribution in [3.8, 4) is 0 Å². The van der Waals surface area contributed by atoms with Gasteiger partial charge in [-0.1, -0.05) is 0 Å². The lowest BCUT2D eigenvalue weighted by molar-refractivity contribution is -0.129. The van der Waals surface area contributed by atoms with Crippen LogP contribution in [0.4, 0.5) is 0 Å². The highest BCUT2D eigenvalue weighted by Gasteiger charge is 2.31. The summed E-state index contributed by atoms with van der Waals surface area (Å²) in [4.78, 5) is 16.0. The zero-order valence-corrected chi connectivity index (χ0v) is 9.48. The lowest BCUT2D eigenvalue weighted by atomic mass is 10.2. The van der Waals surface area contributed by atoms with Crippen LogP contribution in [0.1, 0.15) is 26.2 Å². The Balaban J connectivity index is 1.84. The van der Waals surface area contributed by atoms with Crippen molar-refractivity contribution in [2.24, 2.45) is 5.73 Å². The molecular formula is C11H21N3O. The van der Waals surface area contributed by atoms with Crippen LogP contribution in [0.15, 0.2) is 0 Å². The predicted molar refractivity (Wildman–Crippen MR) is 59.4 cm³/mol. The molecule has 0 aliphatic carbocycles. The van der Waals surface area contributed by atoms with Gasteiger partial charge in [-0.15, -0.1) is 0 Å². The van der Waals surface area contributed by atoms with Crippen molar-refractivity contribution in [3.63, 3.8) is 0 Å². The van der Waals surface area contributed by atoms with Crippen molar-refractivity contribution in [1.29, 1.82) is 0 Å². The third-order valence-corrected chi connectivity index (χ3v) is 3.44. The molecule has 2 aliphatic heterocycles. The van der Waals surface area contributed by atoms with E-state index in [0.717, 1.165) is 13.1 Å². The summed E-state index contributed by atoms with van der Waals surface area (Å²) in [6.07, 6.45) is 3.14. The highest BCUT2D eigenvalue weighted by molar-refractivity contribution is 5.79. The third-order valence-electron chi connectivity index (χ3n) is 3.44. The molecule has 0 spiro atoms. The molecule has 0 radical (unpaired) electrons. The molecule has 0 aromatic heterocycles. The smallest absolute Gasteiger partial charge is 0.224 e. The SMILES string of the molecule is CC(CN1CCCC1)N1CC(N)CC1=O. The van der Waals surface area contributed by atoms with Crippen LogP contribution in [0.25, 0.3) is 0 Å². The lowest BCUT2D eigenvalue weighted by Crippen LogP contribution is -2.43. The first-order valence-electron chi connectivity index (χ1n) is 5.94. The summed E-state index contributed by atoms with van der Waals surface area (Å²) in [5, 5.41) is 0. The number of hydrogen-bond donors (Lipinski definition) is 1. The Kier molecular flexibility index (Phi) is 3.26. The zero-order valence-electron chi connectivity index (χ0n) is 9.48. The summed E-state index contributed by atoms with van der Waals surface area (Å²) < 4.78 is 0. The normalized spacial score (nSPS) is 30.1. The molecule has 0 aromatic carbocycles. The fraction of sp³-hybridized carbons (Fsp3) is 0.909. The van der Waals surface area contributed by atoms with E-state index in [2.05, 4.69) is 11.8 Å². The Morgan fingerprint density at radius 3 is 2.67 bits per heavy atom. The molecule has 4 heteroatoms. The maximum absolute atomic E-state index is 11.6. The summed E-state index contributed by atoms with van der Waals surface area (Å²) in [5.74, 6) is 0.231. The van der Waals surface area contributed by atoms with E-state index >= 15 is 0 Å². The summed E-state index contributed by atoms with van der Waals surface area (Å²) in [5.41, 5.74) is 5.79. The van der Waals surface area contributed by atoms with E-state index in [1.54, 1.807) is 0 Å². The number of nitrogens with zero attached hydrogens (tertiary/aromatic N) is 2. The largest absolute Gasteiger partial charge is 0.337 e. The molecule has 2 saturated heterocycles. The van der Waals surface area contributed by atoms with E-state index in [0.29, 0.717) is 12.5 Å². The highest BCUT2D eigenvalue weighted by atomic mass is 16.2. The van der Waals surface area contributed by atoms with Crippen LogP contribution in [0.5, 0.6) is 0 Å². The molecule has 2 unspecified atom stereocenters. The van der Waals surface area contributed by atoms with Crippen LogP contribution < -0.4 is 5.73 Å². The number of hydrogen-bond acceptors (Lipinski definition) is 3. The topological polar surface area (TPSA) is 49.6 Å². The van der Waals surface area contributed by atoms with Gasteiger partial charge in [-0.3, -0.25) is 4.79 Å². The van der Waals surface area contributed by atoms with E-state index in [-0.39, 0.29) is 11.9 Å². The molecule has 2 heterocycles. The molecule has 4 nitrogen and oxygen atoms in total. The van der Waals surface area contributed by atoms with E-state index in [1.165, 1.54) is 25.9 Å². The first kappa shape index (κ1) is 10.9. The van der Waals surface area contributed by atoms with Crippen molar-refractivity contribution in [2.75, 3.05) is 26.2 Å². The molecule has 0 aromatic rings. The standard InChI is InChI=1S/C11H21N3O/c1-9(7-13-4-2-3-5-13)14-8-10(12)6-11(14)15/h9-10H,2-8,12H2,1H3. The molecule has 0 saturated carbocycles. The van der Waals surface area contributed by atoms with Crippen LogP contribution in [-0.2, 0) is 4.79 Å². The van der Waals surface area contributed by atoms with Crippen molar-refractivity contribution < 1.29 is 4.79 Å². The molecule has 2 aliphatic rings. The zero-order chi connectivity index (χ0) is 10.8. The average Bonchev–Trinajstić information content (AvgIpc) is 2.75. The second-order valence-electron chi connectivity index (χ2n) is 4.87. The van der Waals surface area contributed by atoms with E-state index < -0.39 is 0 Å². The maximum atomic E-state index is 11.6. The van der Waals surface area contributed by atoms with Crippen LogP contribution in [0.3, 0.4) is 0 Å². The summed E-state index contributed by atoms with van der Waals surface area (Å²) in [6, 6.07) is 0.377. The molecular weight excluding hydrogens is 190 g/mol. The van der Waals surface area contributed by atoms with Crippen molar-refractivity contribution in [3.05, 3.63) is 0 Å². The minimum Gasteiger partial charge on any atom is -0.337 e. The molecule has 15 heavy (non-hydrogen) atoms. The molecule has 1 amide bonds. The first-order valence-corrected chi connectivity index (χ1v) is 5.94. The monoisotopic (exact) mass is 211 g/mol. The van der Waals surface area contributed by atoms with Crippen molar-refractivity contribution in [1.82, 2.24) is 9.80 Å². The van der Waals surface area contributed by atoms with Crippen LogP contribution in [0.2, 0.25) is 0 Å². The minimum atomic E-state index is 0.0542. The molecule has 86 valence electrons. The van der Waals surface area contributed by atoms with Crippen LogP contribution in [0, 0.1) is 0 Å². The quantitative estimate of drug-likeness (QED) is 0.716. The molecule has 2 atom stereocenters. The number of carbonyl (C=O) groups excluding carboxylic acids is 1. The fourth-order valence-corrected chi connectivity index (χ4v) is 2.62. The van der Waals surface area contributed by atoms with E-state index in [4.69, 9.17) is 5.73 Å². The van der Waals surface area contributed by atoms with Gasteiger partial charge in [-0.2, -0.15) is 0 Å². The van der Waals surface area contributed by atoms with E-state index in [9.17, 15) is 4.79 Å². The van der Waals surface area contributed by atoms with Gasteiger partial charge >= 0.3 is 0 Å². The maximum Gasteiger partial charge on any atom is 0.224 e. The Labute approximate surface area is 91.4 Å². The lowest BCUT2D eigenvalue weighted by Gasteiger charge is -2.28. The van der Waals surface area contributed by atoms with Crippen molar-refractivity contribution in [2.45, 2.75) is 38.3 Å². The van der Waals surface area contributed by atoms with Gasteiger partial charge in [0, 0.05) is 31.6 Å². The average molecular weight is 211 g/mol. The number of amides is 1. The Hall–Kier alpha value is -0.610. The van der Waals surface area contributed by atoms with Gasteiger partial charge in [0.15, 0.2) is 0 Å². The van der Waals surface area contributed by atoms with Gasteiger partial charge < -0.3 is 15.5 Å². The molecule has 2 N–H and O–H groups in total. The molecule has 2 fully saturated rings. The second-order valence-corrected chi connectivity index (χ2v) is 4.87. The van der Waals surface area contributed by atoms with Crippen LogP contribution in [-0.4, -0.2) is 54.0 Å². The van der Waals surface area contributed by atoms with E-state index in [1.807, 2.05) is 4.90 Å². The number of likely N-dealkylation sites (tertiary alicyclic amines) is 2. The number of rotatable bonds is 3. The number of carbonyl (C=O) groups is 1. The minimum absolute atomic E-state index is 0.0542. The van der Waals surface area contributed by atoms with Gasteiger partial charge in [0.1, 0.15) is 0 Å². The Morgan fingerprint density at radius 1 is 1.47 bits per heavy atom. The molecule has 2 rings (SSSR count). The third kappa shape index (κ3) is 2.49. The summed E-state index contributed by atoms with van der Waals surface area (Å²) in [6.45, 7) is 6.28. The van der Waals surface area contributed by atoms with Gasteiger partial charge in [-0.25, -0.2) is 0 Å². The second kappa shape index (κ2) is 4.49. The van der Waals surface area contributed by atoms with Gasteiger partial charge in [-0.05, 0) is 32.9 Å². The number of nitrogens with two attached hydrogens (primary N) is 1. The van der Waals surface area contributed by atoms with Gasteiger partial charge in [0.05, 0.1) is 0 Å². The highest BCUT2D eigenvalue weighted by Crippen LogP contribution is 2.15. The van der Waals surface area contributed by atoms with Crippen LogP contribution >= 0.6 is 0 Å². The predicted octanol–water partition coefficient (Wildman–Crippen LogP) is 0.0303. The molecule has 0 bridgehead atoms. The summed E-state index contributed by atoms with van der Waals surface area (Å²) >= 11 is 0.